The van der Waals surface area contributed by atoms with Gasteiger partial charge in [-0.05, 0) is 23.3 Å². The fourth-order valence-corrected chi connectivity index (χ4v) is 3.57. The smallest absolute Gasteiger partial charge is 0.429 e. The van der Waals surface area contributed by atoms with Crippen LogP contribution in [0.25, 0.3) is 27.5 Å². The van der Waals surface area contributed by atoms with Gasteiger partial charge in [0.05, 0.1) is 11.0 Å². The molecule has 0 unspecified atom stereocenters. The van der Waals surface area contributed by atoms with Crippen molar-refractivity contribution in [2.45, 2.75) is 6.42 Å². The van der Waals surface area contributed by atoms with Crippen molar-refractivity contribution in [2.24, 2.45) is 0 Å². The third-order valence-electron chi connectivity index (χ3n) is 4.39. The van der Waals surface area contributed by atoms with Crippen molar-refractivity contribution in [1.82, 2.24) is 4.57 Å². The second kappa shape index (κ2) is 5.58. The fraction of sp³-hybridized carbons (Fsp3) is 0.0526. The lowest BCUT2D eigenvalue weighted by Gasteiger charge is -2.20. The molecule has 3 nitrogen and oxygen atoms in total. The molecule has 1 aliphatic heterocycles. The molecule has 111 valence electrons. The molecule has 2 N–H and O–H groups in total. The van der Waals surface area contributed by atoms with Crippen molar-refractivity contribution >= 4 is 29.5 Å². The third kappa shape index (κ3) is 2.07. The SMILES string of the molecule is O[B]O.c1ccc2c(c1)Cc1cccc3c4ccccc4n-2c13. The number of hydrogen-bond donors (Lipinski definition) is 2. The van der Waals surface area contributed by atoms with E-state index in [1.807, 2.05) is 0 Å². The molecule has 1 aliphatic rings. The zero-order chi connectivity index (χ0) is 15.8. The minimum Gasteiger partial charge on any atom is -0.429 e. The van der Waals surface area contributed by atoms with Crippen molar-refractivity contribution < 1.29 is 10.0 Å². The number of aromatic nitrogens is 1. The second-order valence-corrected chi connectivity index (χ2v) is 5.59. The fourth-order valence-electron chi connectivity index (χ4n) is 3.57. The first-order valence-electron chi connectivity index (χ1n) is 7.54. The van der Waals surface area contributed by atoms with Gasteiger partial charge in [-0.3, -0.25) is 0 Å². The zero-order valence-corrected chi connectivity index (χ0v) is 12.5. The number of nitrogens with zero attached hydrogens (tertiary/aromatic N) is 1. The molecule has 4 aromatic rings. The molecule has 1 radical (unpaired) electrons. The number of benzene rings is 3. The number of hydrogen-bond acceptors (Lipinski definition) is 2. The van der Waals surface area contributed by atoms with E-state index in [-0.39, 0.29) is 7.69 Å². The largest absolute Gasteiger partial charge is 0.482 e. The topological polar surface area (TPSA) is 45.4 Å². The van der Waals surface area contributed by atoms with Gasteiger partial charge in [-0.2, -0.15) is 0 Å². The Morgan fingerprint density at radius 3 is 2.26 bits per heavy atom. The van der Waals surface area contributed by atoms with E-state index < -0.39 is 0 Å². The Morgan fingerprint density at radius 2 is 1.39 bits per heavy atom. The van der Waals surface area contributed by atoms with Crippen LogP contribution < -0.4 is 0 Å². The molecule has 0 saturated carbocycles. The van der Waals surface area contributed by atoms with E-state index in [4.69, 9.17) is 10.0 Å². The van der Waals surface area contributed by atoms with Gasteiger partial charge in [0.1, 0.15) is 0 Å². The van der Waals surface area contributed by atoms with Gasteiger partial charge in [-0.15, -0.1) is 0 Å². The molecule has 0 amide bonds. The van der Waals surface area contributed by atoms with Crippen LogP contribution in [-0.4, -0.2) is 22.3 Å². The molecule has 0 fully saturated rings. The molecule has 0 aliphatic carbocycles. The Hall–Kier alpha value is -2.56. The Balaban J connectivity index is 0.000000421. The summed E-state index contributed by atoms with van der Waals surface area (Å²) in [6.45, 7) is 0. The Kier molecular flexibility index (Phi) is 3.41. The monoisotopic (exact) mass is 300 g/mol. The predicted octanol–water partition coefficient (Wildman–Crippen LogP) is 3.19. The summed E-state index contributed by atoms with van der Waals surface area (Å²) in [5.74, 6) is 0. The van der Waals surface area contributed by atoms with Crippen LogP contribution in [0.5, 0.6) is 0 Å². The van der Waals surface area contributed by atoms with E-state index in [0.717, 1.165) is 6.42 Å². The van der Waals surface area contributed by atoms with Gasteiger partial charge >= 0.3 is 7.69 Å². The van der Waals surface area contributed by atoms with Crippen molar-refractivity contribution in [3.05, 3.63) is 77.9 Å². The molecule has 0 spiro atoms. The van der Waals surface area contributed by atoms with Gasteiger partial charge in [0.15, 0.2) is 0 Å². The standard InChI is InChI=1S/C19H13N.BH2O2/c1-3-10-17-13(6-1)12-14-7-5-9-16-15-8-2-4-11-18(15)20(17)19(14)16;2-1-3/h1-11H,12H2;2-3H. The Morgan fingerprint density at radius 1 is 0.739 bits per heavy atom. The van der Waals surface area contributed by atoms with Crippen LogP contribution in [0.1, 0.15) is 11.1 Å². The first kappa shape index (κ1) is 14.1. The summed E-state index contributed by atoms with van der Waals surface area (Å²) in [6.07, 6.45) is 1.03. The van der Waals surface area contributed by atoms with E-state index >= 15 is 0 Å². The summed E-state index contributed by atoms with van der Waals surface area (Å²) >= 11 is 0. The molecule has 5 rings (SSSR count). The lowest BCUT2D eigenvalue weighted by Crippen LogP contribution is -2.07. The molecule has 1 aromatic heterocycles. The van der Waals surface area contributed by atoms with Crippen molar-refractivity contribution in [3.63, 3.8) is 0 Å². The highest BCUT2D eigenvalue weighted by Crippen LogP contribution is 2.38. The van der Waals surface area contributed by atoms with Gasteiger partial charge in [-0.25, -0.2) is 0 Å². The maximum Gasteiger partial charge on any atom is 0.482 e. The highest BCUT2D eigenvalue weighted by atomic mass is 16.4. The minimum atomic E-state index is 0. The normalized spacial score (nSPS) is 11.7. The highest BCUT2D eigenvalue weighted by Gasteiger charge is 2.20. The lowest BCUT2D eigenvalue weighted by atomic mass is 9.98. The van der Waals surface area contributed by atoms with Crippen LogP contribution in [0.15, 0.2) is 66.7 Å². The highest BCUT2D eigenvalue weighted by molar-refractivity contribution is 6.13. The summed E-state index contributed by atoms with van der Waals surface area (Å²) in [6, 6.07) is 24.1. The first-order valence-corrected chi connectivity index (χ1v) is 7.54. The quantitative estimate of drug-likeness (QED) is 0.431. The average molecular weight is 300 g/mol. The summed E-state index contributed by atoms with van der Waals surface area (Å²) < 4.78 is 2.43. The van der Waals surface area contributed by atoms with E-state index in [1.54, 1.807) is 0 Å². The van der Waals surface area contributed by atoms with Gasteiger partial charge < -0.3 is 14.6 Å². The summed E-state index contributed by atoms with van der Waals surface area (Å²) in [4.78, 5) is 0. The van der Waals surface area contributed by atoms with Crippen LogP contribution in [0.4, 0.5) is 0 Å². The minimum absolute atomic E-state index is 0. The second-order valence-electron chi connectivity index (χ2n) is 5.59. The van der Waals surface area contributed by atoms with Gasteiger partial charge in [-0.1, -0.05) is 54.6 Å². The van der Waals surface area contributed by atoms with Crippen LogP contribution in [-0.2, 0) is 6.42 Å². The molecule has 23 heavy (non-hydrogen) atoms. The van der Waals surface area contributed by atoms with Crippen molar-refractivity contribution in [2.75, 3.05) is 0 Å². The van der Waals surface area contributed by atoms with Crippen molar-refractivity contribution in [3.8, 4) is 5.69 Å². The maximum absolute atomic E-state index is 7.00. The predicted molar refractivity (Wildman–Crippen MR) is 93.8 cm³/mol. The number of para-hydroxylation sites is 3. The van der Waals surface area contributed by atoms with E-state index in [1.165, 1.54) is 38.6 Å². The van der Waals surface area contributed by atoms with Crippen LogP contribution in [0, 0.1) is 0 Å². The molecule has 2 heterocycles. The van der Waals surface area contributed by atoms with Gasteiger partial charge in [0.25, 0.3) is 0 Å². The molecule has 3 aromatic carbocycles. The van der Waals surface area contributed by atoms with E-state index in [0.29, 0.717) is 0 Å². The molecule has 0 bridgehead atoms. The van der Waals surface area contributed by atoms with Gasteiger partial charge in [0, 0.05) is 22.9 Å². The molecule has 4 heteroatoms. The Labute approximate surface area is 134 Å². The molecule has 0 saturated heterocycles. The van der Waals surface area contributed by atoms with Crippen LogP contribution in [0.2, 0.25) is 0 Å². The average Bonchev–Trinajstić information content (AvgIpc) is 2.93. The van der Waals surface area contributed by atoms with Gasteiger partial charge in [0.2, 0.25) is 0 Å². The summed E-state index contributed by atoms with van der Waals surface area (Å²) in [5.41, 5.74) is 6.86. The third-order valence-corrected chi connectivity index (χ3v) is 4.39. The molecule has 0 atom stereocenters. The Bertz CT molecular complexity index is 1010. The summed E-state index contributed by atoms with van der Waals surface area (Å²) in [5, 5.41) is 16.7. The molecular weight excluding hydrogens is 285 g/mol. The van der Waals surface area contributed by atoms with Crippen LogP contribution >= 0.6 is 0 Å². The maximum atomic E-state index is 7.00. The number of rotatable bonds is 0. The lowest BCUT2D eigenvalue weighted by molar-refractivity contribution is 0.448. The van der Waals surface area contributed by atoms with Crippen molar-refractivity contribution in [1.29, 1.82) is 0 Å². The number of fused-ring (bicyclic) bond motifs is 5. The van der Waals surface area contributed by atoms with E-state index in [2.05, 4.69) is 71.3 Å². The van der Waals surface area contributed by atoms with Crippen LogP contribution in [0.3, 0.4) is 0 Å². The first-order chi connectivity index (χ1) is 11.3. The summed E-state index contributed by atoms with van der Waals surface area (Å²) in [7, 11) is 0. The van der Waals surface area contributed by atoms with E-state index in [9.17, 15) is 0 Å². The zero-order valence-electron chi connectivity index (χ0n) is 12.5. The molecular formula is C19H15BNO2.